The van der Waals surface area contributed by atoms with Gasteiger partial charge in [0.2, 0.25) is 5.91 Å². The molecule has 3 aromatic rings. The molecule has 1 heterocycles. The van der Waals surface area contributed by atoms with Gasteiger partial charge in [-0.3, -0.25) is 9.59 Å². The lowest BCUT2D eigenvalue weighted by Gasteiger charge is -2.13. The maximum absolute atomic E-state index is 12.5. The average Bonchev–Trinajstić information content (AvgIpc) is 2.65. The summed E-state index contributed by atoms with van der Waals surface area (Å²) in [7, 11) is 0. The van der Waals surface area contributed by atoms with Gasteiger partial charge >= 0.3 is 0 Å². The summed E-state index contributed by atoms with van der Waals surface area (Å²) < 4.78 is 0. The first kappa shape index (κ1) is 20.1. The van der Waals surface area contributed by atoms with E-state index in [1.165, 1.54) is 18.7 Å². The number of aryl methyl sites for hydroxylation is 3. The van der Waals surface area contributed by atoms with Gasteiger partial charge in [-0.15, -0.1) is 0 Å². The molecule has 2 aromatic carbocycles. The van der Waals surface area contributed by atoms with E-state index in [1.807, 2.05) is 0 Å². The van der Waals surface area contributed by atoms with E-state index in [0.29, 0.717) is 22.8 Å². The number of hydrogen-bond donors (Lipinski definition) is 3. The molecule has 0 radical (unpaired) electrons. The molecule has 0 aliphatic rings. The summed E-state index contributed by atoms with van der Waals surface area (Å²) in [5.41, 5.74) is 6.18. The van der Waals surface area contributed by atoms with Gasteiger partial charge in [0, 0.05) is 30.2 Å². The maximum Gasteiger partial charge on any atom is 0.257 e. The Kier molecular flexibility index (Phi) is 5.93. The van der Waals surface area contributed by atoms with E-state index in [4.69, 9.17) is 0 Å². The van der Waals surface area contributed by atoms with Gasteiger partial charge in [0.05, 0.1) is 5.56 Å². The van der Waals surface area contributed by atoms with Crippen LogP contribution >= 0.6 is 0 Å². The molecule has 6 nitrogen and oxygen atoms in total. The zero-order valence-corrected chi connectivity index (χ0v) is 17.0. The fourth-order valence-electron chi connectivity index (χ4n) is 3.19. The first-order valence-electron chi connectivity index (χ1n) is 9.32. The minimum absolute atomic E-state index is 0.167. The number of pyridine rings is 1. The van der Waals surface area contributed by atoms with Crippen LogP contribution in [0.15, 0.2) is 54.7 Å². The minimum atomic E-state index is -0.272. The average molecular weight is 388 g/mol. The summed E-state index contributed by atoms with van der Waals surface area (Å²) in [6.45, 7) is 7.62. The summed E-state index contributed by atoms with van der Waals surface area (Å²) in [6, 6.07) is 14.7. The lowest BCUT2D eigenvalue weighted by atomic mass is 10.1. The molecule has 0 saturated carbocycles. The summed E-state index contributed by atoms with van der Waals surface area (Å²) >= 11 is 0. The molecular weight excluding hydrogens is 364 g/mol. The largest absolute Gasteiger partial charge is 0.340 e. The van der Waals surface area contributed by atoms with Gasteiger partial charge in [-0.1, -0.05) is 23.8 Å². The Hall–Kier alpha value is -3.67. The van der Waals surface area contributed by atoms with E-state index in [9.17, 15) is 9.59 Å². The third kappa shape index (κ3) is 5.19. The molecule has 0 fully saturated rings. The molecular formula is C23H24N4O2. The fourth-order valence-corrected chi connectivity index (χ4v) is 3.19. The second-order valence-electron chi connectivity index (χ2n) is 7.05. The van der Waals surface area contributed by atoms with Crippen LogP contribution in [0.25, 0.3) is 0 Å². The van der Waals surface area contributed by atoms with Crippen LogP contribution in [-0.2, 0) is 4.79 Å². The van der Waals surface area contributed by atoms with E-state index < -0.39 is 0 Å². The highest BCUT2D eigenvalue weighted by molar-refractivity contribution is 6.04. The zero-order valence-electron chi connectivity index (χ0n) is 17.0. The molecule has 0 aliphatic carbocycles. The molecule has 148 valence electrons. The van der Waals surface area contributed by atoms with E-state index in [1.54, 1.807) is 36.4 Å². The highest BCUT2D eigenvalue weighted by atomic mass is 16.2. The Morgan fingerprint density at radius 1 is 0.862 bits per heavy atom. The first-order chi connectivity index (χ1) is 13.8. The van der Waals surface area contributed by atoms with Crippen molar-refractivity contribution in [3.05, 3.63) is 77.0 Å². The molecule has 0 spiro atoms. The monoisotopic (exact) mass is 388 g/mol. The van der Waals surface area contributed by atoms with Gasteiger partial charge in [0.1, 0.15) is 5.82 Å². The van der Waals surface area contributed by atoms with Crippen LogP contribution in [0.4, 0.5) is 22.9 Å². The highest BCUT2D eigenvalue weighted by Crippen LogP contribution is 2.25. The topological polar surface area (TPSA) is 83.1 Å². The molecule has 2 amide bonds. The predicted octanol–water partition coefficient (Wildman–Crippen LogP) is 4.96. The predicted molar refractivity (Wildman–Crippen MR) is 117 cm³/mol. The van der Waals surface area contributed by atoms with Gasteiger partial charge < -0.3 is 16.0 Å². The smallest absolute Gasteiger partial charge is 0.257 e. The molecule has 1 aromatic heterocycles. The van der Waals surface area contributed by atoms with E-state index in [-0.39, 0.29) is 11.8 Å². The normalized spacial score (nSPS) is 10.3. The fraction of sp³-hybridized carbons (Fsp3) is 0.174. The van der Waals surface area contributed by atoms with Crippen molar-refractivity contribution in [3.63, 3.8) is 0 Å². The van der Waals surface area contributed by atoms with Crippen molar-refractivity contribution >= 4 is 34.7 Å². The maximum atomic E-state index is 12.5. The Morgan fingerprint density at radius 3 is 2.10 bits per heavy atom. The number of nitrogens with zero attached hydrogens (tertiary/aromatic N) is 1. The minimum Gasteiger partial charge on any atom is -0.340 e. The van der Waals surface area contributed by atoms with Crippen LogP contribution in [0.1, 0.15) is 34.0 Å². The number of benzene rings is 2. The lowest BCUT2D eigenvalue weighted by Crippen LogP contribution is -2.13. The number of aromatic nitrogens is 1. The number of rotatable bonds is 5. The molecule has 3 rings (SSSR count). The zero-order chi connectivity index (χ0) is 21.0. The van der Waals surface area contributed by atoms with Gasteiger partial charge in [-0.25, -0.2) is 4.98 Å². The van der Waals surface area contributed by atoms with Crippen molar-refractivity contribution < 1.29 is 9.59 Å². The first-order valence-corrected chi connectivity index (χ1v) is 9.32. The number of nitrogens with one attached hydrogen (secondary N) is 3. The molecule has 0 atom stereocenters. The number of carbonyl (C=O) groups is 2. The molecule has 3 N–H and O–H groups in total. The number of amides is 2. The summed E-state index contributed by atoms with van der Waals surface area (Å²) in [6.07, 6.45) is 1.54. The molecule has 29 heavy (non-hydrogen) atoms. The van der Waals surface area contributed by atoms with Crippen molar-refractivity contribution in [2.75, 3.05) is 16.0 Å². The molecule has 0 saturated heterocycles. The van der Waals surface area contributed by atoms with Crippen molar-refractivity contribution in [1.82, 2.24) is 4.98 Å². The number of hydrogen-bond acceptors (Lipinski definition) is 4. The SMILES string of the molecule is CC(=O)Nc1cccc(NC(=O)c2ccc(Nc3c(C)cc(C)cc3C)nc2)c1. The molecule has 0 unspecified atom stereocenters. The molecule has 0 aliphatic heterocycles. The van der Waals surface area contributed by atoms with E-state index in [0.717, 1.165) is 16.8 Å². The summed E-state index contributed by atoms with van der Waals surface area (Å²) in [5, 5.41) is 8.83. The highest BCUT2D eigenvalue weighted by Gasteiger charge is 2.09. The van der Waals surface area contributed by atoms with E-state index in [2.05, 4.69) is 53.8 Å². The van der Waals surface area contributed by atoms with Crippen LogP contribution in [0.2, 0.25) is 0 Å². The van der Waals surface area contributed by atoms with Crippen molar-refractivity contribution in [2.24, 2.45) is 0 Å². The second-order valence-corrected chi connectivity index (χ2v) is 7.05. The Labute approximate surface area is 170 Å². The van der Waals surface area contributed by atoms with Gasteiger partial charge in [-0.2, -0.15) is 0 Å². The van der Waals surface area contributed by atoms with Crippen LogP contribution in [-0.4, -0.2) is 16.8 Å². The van der Waals surface area contributed by atoms with Gasteiger partial charge in [0.15, 0.2) is 0 Å². The third-order valence-electron chi connectivity index (χ3n) is 4.40. The van der Waals surface area contributed by atoms with Crippen molar-refractivity contribution in [2.45, 2.75) is 27.7 Å². The standard InChI is InChI=1S/C23H24N4O2/c1-14-10-15(2)22(16(3)11-14)27-21-9-8-18(13-24-21)23(29)26-20-7-5-6-19(12-20)25-17(4)28/h5-13H,1-4H3,(H,24,27)(H,25,28)(H,26,29). The number of anilines is 4. The molecule has 6 heteroatoms. The van der Waals surface area contributed by atoms with Gasteiger partial charge in [-0.05, 0) is 62.2 Å². The van der Waals surface area contributed by atoms with E-state index >= 15 is 0 Å². The van der Waals surface area contributed by atoms with Crippen LogP contribution in [0.5, 0.6) is 0 Å². The lowest BCUT2D eigenvalue weighted by molar-refractivity contribution is -0.114. The quantitative estimate of drug-likeness (QED) is 0.577. The van der Waals surface area contributed by atoms with Crippen molar-refractivity contribution in [1.29, 1.82) is 0 Å². The summed E-state index contributed by atoms with van der Waals surface area (Å²) in [4.78, 5) is 28.1. The van der Waals surface area contributed by atoms with Crippen molar-refractivity contribution in [3.8, 4) is 0 Å². The third-order valence-corrected chi connectivity index (χ3v) is 4.40. The van der Waals surface area contributed by atoms with Crippen LogP contribution < -0.4 is 16.0 Å². The van der Waals surface area contributed by atoms with Crippen LogP contribution in [0, 0.1) is 20.8 Å². The van der Waals surface area contributed by atoms with Gasteiger partial charge in [0.25, 0.3) is 5.91 Å². The second kappa shape index (κ2) is 8.56. The van der Waals surface area contributed by atoms with Crippen LogP contribution in [0.3, 0.4) is 0 Å². The Bertz CT molecular complexity index is 1040. The molecule has 0 bridgehead atoms. The number of carbonyl (C=O) groups excluding carboxylic acids is 2. The Balaban J connectivity index is 1.70. The summed E-state index contributed by atoms with van der Waals surface area (Å²) in [5.74, 6) is 0.232. The Morgan fingerprint density at radius 2 is 1.52 bits per heavy atom.